The Hall–Kier alpha value is -2.19. The molecular formula is C17H23FN4O3. The average Bonchev–Trinajstić information content (AvgIpc) is 2.64. The maximum atomic E-state index is 12.9. The number of nitrogens with one attached hydrogen (secondary N) is 1. The molecular weight excluding hydrogens is 327 g/mol. The Morgan fingerprint density at radius 2 is 1.56 bits per heavy atom. The summed E-state index contributed by atoms with van der Waals surface area (Å²) in [5.41, 5.74) is 0.576. The average molecular weight is 350 g/mol. The van der Waals surface area contributed by atoms with Gasteiger partial charge < -0.3 is 19.9 Å². The van der Waals surface area contributed by atoms with Crippen LogP contribution < -0.4 is 5.32 Å². The van der Waals surface area contributed by atoms with Crippen molar-refractivity contribution in [2.45, 2.75) is 0 Å². The number of piperazine rings is 1. The first-order chi connectivity index (χ1) is 12.1. The molecule has 0 saturated carbocycles. The third-order valence-corrected chi connectivity index (χ3v) is 4.42. The number of hydrogen-bond donors (Lipinski definition) is 1. The van der Waals surface area contributed by atoms with Crippen molar-refractivity contribution in [1.82, 2.24) is 14.7 Å². The first kappa shape index (κ1) is 17.6. The minimum Gasteiger partial charge on any atom is -0.378 e. The summed E-state index contributed by atoms with van der Waals surface area (Å²) in [7, 11) is 0. The topological polar surface area (TPSA) is 65.1 Å². The van der Waals surface area contributed by atoms with Crippen molar-refractivity contribution in [2.24, 2.45) is 0 Å². The first-order valence-corrected chi connectivity index (χ1v) is 8.51. The van der Waals surface area contributed by atoms with Crippen molar-refractivity contribution in [1.29, 1.82) is 0 Å². The minimum atomic E-state index is -0.334. The van der Waals surface area contributed by atoms with Crippen molar-refractivity contribution in [3.8, 4) is 0 Å². The summed E-state index contributed by atoms with van der Waals surface area (Å²) in [6, 6.07) is 5.74. The lowest BCUT2D eigenvalue weighted by Crippen LogP contribution is -2.55. The molecule has 2 aliphatic heterocycles. The normalized spacial score (nSPS) is 18.9. The van der Waals surface area contributed by atoms with E-state index in [1.54, 1.807) is 0 Å². The van der Waals surface area contributed by atoms with Crippen LogP contribution in [0.15, 0.2) is 24.3 Å². The number of morpholine rings is 1. The highest BCUT2D eigenvalue weighted by atomic mass is 19.1. The molecule has 2 fully saturated rings. The molecule has 136 valence electrons. The van der Waals surface area contributed by atoms with E-state index in [0.29, 0.717) is 58.2 Å². The van der Waals surface area contributed by atoms with Crippen molar-refractivity contribution in [2.75, 3.05) is 64.3 Å². The van der Waals surface area contributed by atoms with Crippen LogP contribution in [0.2, 0.25) is 0 Å². The summed E-state index contributed by atoms with van der Waals surface area (Å²) in [4.78, 5) is 30.2. The van der Waals surface area contributed by atoms with E-state index in [-0.39, 0.29) is 24.3 Å². The quantitative estimate of drug-likeness (QED) is 0.877. The van der Waals surface area contributed by atoms with E-state index >= 15 is 0 Å². The summed E-state index contributed by atoms with van der Waals surface area (Å²) in [6.45, 7) is 5.26. The van der Waals surface area contributed by atoms with Crippen LogP contribution in [0.5, 0.6) is 0 Å². The van der Waals surface area contributed by atoms with E-state index in [0.717, 1.165) is 0 Å². The molecule has 0 radical (unpaired) electrons. The Balaban J connectivity index is 1.41. The van der Waals surface area contributed by atoms with Gasteiger partial charge in [0.25, 0.3) is 0 Å². The summed E-state index contributed by atoms with van der Waals surface area (Å²) >= 11 is 0. The highest BCUT2D eigenvalue weighted by Gasteiger charge is 2.26. The van der Waals surface area contributed by atoms with Gasteiger partial charge in [0, 0.05) is 45.0 Å². The fraction of sp³-hybridized carbons (Fsp3) is 0.529. The van der Waals surface area contributed by atoms with Gasteiger partial charge >= 0.3 is 6.03 Å². The monoisotopic (exact) mass is 350 g/mol. The Bertz CT molecular complexity index is 596. The molecule has 2 saturated heterocycles. The van der Waals surface area contributed by atoms with E-state index in [1.807, 2.05) is 14.7 Å². The predicted octanol–water partition coefficient (Wildman–Crippen LogP) is 0.834. The first-order valence-electron chi connectivity index (χ1n) is 8.51. The predicted molar refractivity (Wildman–Crippen MR) is 90.8 cm³/mol. The molecule has 0 unspecified atom stereocenters. The van der Waals surface area contributed by atoms with E-state index < -0.39 is 0 Å². The zero-order valence-electron chi connectivity index (χ0n) is 14.1. The van der Waals surface area contributed by atoms with Gasteiger partial charge in [0.05, 0.1) is 19.8 Å². The molecule has 2 aliphatic rings. The smallest absolute Gasteiger partial charge is 0.320 e. The Morgan fingerprint density at radius 3 is 2.20 bits per heavy atom. The van der Waals surface area contributed by atoms with Gasteiger partial charge in [-0.05, 0) is 24.3 Å². The second kappa shape index (κ2) is 8.26. The van der Waals surface area contributed by atoms with Gasteiger partial charge in [0.15, 0.2) is 0 Å². The molecule has 0 spiro atoms. The number of anilines is 1. The minimum absolute atomic E-state index is 0.0544. The number of carbonyl (C=O) groups is 2. The SMILES string of the molecule is O=C(CN1CCN(C(=O)N2CCOCC2)CC1)Nc1ccc(F)cc1. The molecule has 8 heteroatoms. The van der Waals surface area contributed by atoms with Crippen molar-refractivity contribution in [3.63, 3.8) is 0 Å². The number of rotatable bonds is 3. The van der Waals surface area contributed by atoms with Gasteiger partial charge in [-0.25, -0.2) is 9.18 Å². The van der Waals surface area contributed by atoms with Crippen LogP contribution in [0.25, 0.3) is 0 Å². The number of carbonyl (C=O) groups excluding carboxylic acids is 2. The summed E-state index contributed by atoms with van der Waals surface area (Å²) < 4.78 is 18.1. The van der Waals surface area contributed by atoms with Crippen LogP contribution in [0.1, 0.15) is 0 Å². The fourth-order valence-electron chi connectivity index (χ4n) is 2.99. The van der Waals surface area contributed by atoms with Crippen LogP contribution in [-0.2, 0) is 9.53 Å². The van der Waals surface area contributed by atoms with Gasteiger partial charge in [-0.3, -0.25) is 9.69 Å². The number of urea groups is 1. The number of halogens is 1. The van der Waals surface area contributed by atoms with E-state index in [2.05, 4.69) is 5.32 Å². The van der Waals surface area contributed by atoms with Crippen LogP contribution in [0.4, 0.5) is 14.9 Å². The number of hydrogen-bond acceptors (Lipinski definition) is 4. The van der Waals surface area contributed by atoms with Gasteiger partial charge in [0.2, 0.25) is 5.91 Å². The van der Waals surface area contributed by atoms with Gasteiger partial charge in [0.1, 0.15) is 5.82 Å². The van der Waals surface area contributed by atoms with Crippen LogP contribution in [0.3, 0.4) is 0 Å². The van der Waals surface area contributed by atoms with Crippen LogP contribution >= 0.6 is 0 Å². The van der Waals surface area contributed by atoms with Crippen molar-refractivity contribution < 1.29 is 18.7 Å². The van der Waals surface area contributed by atoms with Gasteiger partial charge in [-0.1, -0.05) is 0 Å². The maximum absolute atomic E-state index is 12.9. The third-order valence-electron chi connectivity index (χ3n) is 4.42. The molecule has 1 aromatic carbocycles. The van der Waals surface area contributed by atoms with Gasteiger partial charge in [-0.15, -0.1) is 0 Å². The Morgan fingerprint density at radius 1 is 0.960 bits per heavy atom. The molecule has 0 bridgehead atoms. The molecule has 2 heterocycles. The number of ether oxygens (including phenoxy) is 1. The lowest BCUT2D eigenvalue weighted by Gasteiger charge is -2.38. The zero-order chi connectivity index (χ0) is 17.6. The molecule has 1 aromatic rings. The second-order valence-corrected chi connectivity index (χ2v) is 6.20. The summed E-state index contributed by atoms with van der Waals surface area (Å²) in [6.07, 6.45) is 0. The molecule has 3 rings (SSSR count). The van der Waals surface area contributed by atoms with Gasteiger partial charge in [-0.2, -0.15) is 0 Å². The number of amides is 3. The number of nitrogens with zero attached hydrogens (tertiary/aromatic N) is 3. The molecule has 25 heavy (non-hydrogen) atoms. The largest absolute Gasteiger partial charge is 0.378 e. The lowest BCUT2D eigenvalue weighted by molar-refractivity contribution is -0.117. The highest BCUT2D eigenvalue weighted by molar-refractivity contribution is 5.92. The van der Waals surface area contributed by atoms with Crippen LogP contribution in [-0.4, -0.2) is 85.7 Å². The van der Waals surface area contributed by atoms with Crippen LogP contribution in [0, 0.1) is 5.82 Å². The fourth-order valence-corrected chi connectivity index (χ4v) is 2.99. The second-order valence-electron chi connectivity index (χ2n) is 6.20. The molecule has 0 aromatic heterocycles. The maximum Gasteiger partial charge on any atom is 0.320 e. The Labute approximate surface area is 146 Å². The molecule has 3 amide bonds. The summed E-state index contributed by atoms with van der Waals surface area (Å²) in [5, 5.41) is 2.75. The zero-order valence-corrected chi connectivity index (χ0v) is 14.1. The van der Waals surface area contributed by atoms with Crippen molar-refractivity contribution in [3.05, 3.63) is 30.1 Å². The lowest BCUT2D eigenvalue weighted by atomic mass is 10.3. The number of benzene rings is 1. The molecule has 0 aliphatic carbocycles. The molecule has 1 N–H and O–H groups in total. The third kappa shape index (κ3) is 4.90. The van der Waals surface area contributed by atoms with E-state index in [1.165, 1.54) is 24.3 Å². The van der Waals surface area contributed by atoms with E-state index in [9.17, 15) is 14.0 Å². The summed E-state index contributed by atoms with van der Waals surface area (Å²) in [5.74, 6) is -0.473. The standard InChI is InChI=1S/C17H23FN4O3/c18-14-1-3-15(4-2-14)19-16(23)13-20-5-7-21(8-6-20)17(24)22-9-11-25-12-10-22/h1-4H,5-13H2,(H,19,23). The molecule has 0 atom stereocenters. The Kier molecular flexibility index (Phi) is 5.83. The van der Waals surface area contributed by atoms with Crippen molar-refractivity contribution >= 4 is 17.6 Å². The van der Waals surface area contributed by atoms with E-state index in [4.69, 9.17) is 4.74 Å². The highest BCUT2D eigenvalue weighted by Crippen LogP contribution is 2.10. The molecule has 7 nitrogen and oxygen atoms in total.